The SMILES string of the molecule is COc1cc(Br)c2onc(C)c2c1. The number of rotatable bonds is 1. The van der Waals surface area contributed by atoms with E-state index in [0.717, 1.165) is 26.9 Å². The van der Waals surface area contributed by atoms with Gasteiger partial charge in [0.05, 0.1) is 17.3 Å². The Labute approximate surface area is 83.8 Å². The van der Waals surface area contributed by atoms with E-state index in [4.69, 9.17) is 9.26 Å². The molecule has 0 radical (unpaired) electrons. The molecule has 2 aromatic rings. The summed E-state index contributed by atoms with van der Waals surface area (Å²) in [6.45, 7) is 1.90. The van der Waals surface area contributed by atoms with Crippen molar-refractivity contribution in [3.63, 3.8) is 0 Å². The van der Waals surface area contributed by atoms with Crippen LogP contribution in [0.3, 0.4) is 0 Å². The Morgan fingerprint density at radius 1 is 1.46 bits per heavy atom. The number of halogens is 1. The maximum absolute atomic E-state index is 5.13. The topological polar surface area (TPSA) is 35.3 Å². The number of hydrogen-bond donors (Lipinski definition) is 0. The standard InChI is InChI=1S/C9H8BrNO2/c1-5-7-3-6(12-2)4-8(10)9(7)13-11-5/h3-4H,1-2H3. The minimum atomic E-state index is 0.762. The number of aryl methyl sites for hydroxylation is 1. The molecule has 13 heavy (non-hydrogen) atoms. The van der Waals surface area contributed by atoms with Gasteiger partial charge in [0, 0.05) is 5.39 Å². The first kappa shape index (κ1) is 8.56. The number of ether oxygens (including phenoxy) is 1. The van der Waals surface area contributed by atoms with E-state index in [1.165, 1.54) is 0 Å². The Morgan fingerprint density at radius 3 is 2.92 bits per heavy atom. The maximum Gasteiger partial charge on any atom is 0.181 e. The van der Waals surface area contributed by atoms with Crippen molar-refractivity contribution in [3.05, 3.63) is 22.3 Å². The first-order valence-corrected chi connectivity index (χ1v) is 4.61. The van der Waals surface area contributed by atoms with Crippen LogP contribution in [-0.4, -0.2) is 12.3 Å². The van der Waals surface area contributed by atoms with Gasteiger partial charge in [-0.05, 0) is 35.0 Å². The molecule has 0 spiro atoms. The Kier molecular flexibility index (Phi) is 2.00. The van der Waals surface area contributed by atoms with Gasteiger partial charge >= 0.3 is 0 Å². The highest BCUT2D eigenvalue weighted by molar-refractivity contribution is 9.10. The molecule has 1 aromatic carbocycles. The Morgan fingerprint density at radius 2 is 2.23 bits per heavy atom. The number of methoxy groups -OCH3 is 1. The second kappa shape index (κ2) is 3.03. The van der Waals surface area contributed by atoms with Crippen LogP contribution in [0.4, 0.5) is 0 Å². The molecule has 0 N–H and O–H groups in total. The molecule has 0 aliphatic carbocycles. The minimum Gasteiger partial charge on any atom is -0.497 e. The van der Waals surface area contributed by atoms with Gasteiger partial charge < -0.3 is 9.26 Å². The maximum atomic E-state index is 5.13. The van der Waals surface area contributed by atoms with E-state index < -0.39 is 0 Å². The molecule has 0 saturated heterocycles. The largest absolute Gasteiger partial charge is 0.497 e. The van der Waals surface area contributed by atoms with Gasteiger partial charge in [0.25, 0.3) is 0 Å². The van der Waals surface area contributed by atoms with Crippen LogP contribution < -0.4 is 4.74 Å². The summed E-state index contributed by atoms with van der Waals surface area (Å²) in [6.07, 6.45) is 0. The molecule has 4 heteroatoms. The lowest BCUT2D eigenvalue weighted by Crippen LogP contribution is -1.82. The van der Waals surface area contributed by atoms with Crippen molar-refractivity contribution in [2.75, 3.05) is 7.11 Å². The highest BCUT2D eigenvalue weighted by Gasteiger charge is 2.09. The predicted octanol–water partition coefficient (Wildman–Crippen LogP) is 2.91. The number of aromatic nitrogens is 1. The summed E-state index contributed by atoms with van der Waals surface area (Å²) in [5, 5.41) is 4.85. The lowest BCUT2D eigenvalue weighted by molar-refractivity contribution is 0.414. The summed E-state index contributed by atoms with van der Waals surface area (Å²) < 4.78 is 11.1. The zero-order valence-corrected chi connectivity index (χ0v) is 8.88. The molecular formula is C9H8BrNO2. The summed E-state index contributed by atoms with van der Waals surface area (Å²) in [7, 11) is 1.64. The highest BCUT2D eigenvalue weighted by Crippen LogP contribution is 2.30. The van der Waals surface area contributed by atoms with Crippen LogP contribution in [0, 0.1) is 6.92 Å². The Hall–Kier alpha value is -1.03. The number of fused-ring (bicyclic) bond motifs is 1. The molecule has 0 unspecified atom stereocenters. The van der Waals surface area contributed by atoms with Gasteiger partial charge in [-0.2, -0.15) is 0 Å². The lowest BCUT2D eigenvalue weighted by Gasteiger charge is -1.99. The van der Waals surface area contributed by atoms with E-state index in [0.29, 0.717) is 0 Å². The van der Waals surface area contributed by atoms with Crippen molar-refractivity contribution >= 4 is 26.9 Å². The molecule has 0 amide bonds. The van der Waals surface area contributed by atoms with Crippen LogP contribution in [0.1, 0.15) is 5.69 Å². The first-order valence-electron chi connectivity index (χ1n) is 3.82. The van der Waals surface area contributed by atoms with Crippen molar-refractivity contribution in [3.8, 4) is 5.75 Å². The second-order valence-electron chi connectivity index (χ2n) is 2.75. The van der Waals surface area contributed by atoms with E-state index in [1.54, 1.807) is 7.11 Å². The van der Waals surface area contributed by atoms with Crippen LogP contribution >= 0.6 is 15.9 Å². The van der Waals surface area contributed by atoms with Crippen LogP contribution in [0.15, 0.2) is 21.1 Å². The van der Waals surface area contributed by atoms with Crippen molar-refractivity contribution in [1.29, 1.82) is 0 Å². The average Bonchev–Trinajstić information content (AvgIpc) is 2.48. The van der Waals surface area contributed by atoms with Gasteiger partial charge in [-0.3, -0.25) is 0 Å². The van der Waals surface area contributed by atoms with Gasteiger partial charge in [0.2, 0.25) is 0 Å². The van der Waals surface area contributed by atoms with E-state index in [1.807, 2.05) is 19.1 Å². The fourth-order valence-electron chi connectivity index (χ4n) is 1.21. The van der Waals surface area contributed by atoms with Gasteiger partial charge in [0.15, 0.2) is 5.58 Å². The van der Waals surface area contributed by atoms with Gasteiger partial charge in [-0.15, -0.1) is 0 Å². The molecule has 68 valence electrons. The zero-order chi connectivity index (χ0) is 9.42. The third kappa shape index (κ3) is 1.31. The Balaban J connectivity index is 2.80. The van der Waals surface area contributed by atoms with Gasteiger partial charge in [-0.1, -0.05) is 5.16 Å². The van der Waals surface area contributed by atoms with Crippen molar-refractivity contribution in [2.45, 2.75) is 6.92 Å². The summed E-state index contributed by atoms with van der Waals surface area (Å²) >= 11 is 3.39. The van der Waals surface area contributed by atoms with Crippen molar-refractivity contribution in [1.82, 2.24) is 5.16 Å². The van der Waals surface area contributed by atoms with E-state index >= 15 is 0 Å². The van der Waals surface area contributed by atoms with Gasteiger partial charge in [-0.25, -0.2) is 0 Å². The average molecular weight is 242 g/mol. The second-order valence-corrected chi connectivity index (χ2v) is 3.61. The third-order valence-corrected chi connectivity index (χ3v) is 2.51. The summed E-state index contributed by atoms with van der Waals surface area (Å²) in [6, 6.07) is 3.76. The zero-order valence-electron chi connectivity index (χ0n) is 7.30. The van der Waals surface area contributed by atoms with Crippen molar-refractivity contribution in [2.24, 2.45) is 0 Å². The number of nitrogens with zero attached hydrogens (tertiary/aromatic N) is 1. The minimum absolute atomic E-state index is 0.762. The normalized spacial score (nSPS) is 10.7. The molecule has 0 atom stereocenters. The van der Waals surface area contributed by atoms with Crippen LogP contribution in [-0.2, 0) is 0 Å². The lowest BCUT2D eigenvalue weighted by atomic mass is 10.2. The molecule has 0 aliphatic heterocycles. The summed E-state index contributed by atoms with van der Waals surface area (Å²) in [5.74, 6) is 0.797. The smallest absolute Gasteiger partial charge is 0.181 e. The fourth-order valence-corrected chi connectivity index (χ4v) is 1.72. The van der Waals surface area contributed by atoms with Crippen molar-refractivity contribution < 1.29 is 9.26 Å². The molecule has 0 aliphatic rings. The fraction of sp³-hybridized carbons (Fsp3) is 0.222. The molecule has 1 aromatic heterocycles. The summed E-state index contributed by atoms with van der Waals surface area (Å²) in [5.41, 5.74) is 1.63. The quantitative estimate of drug-likeness (QED) is 0.771. The molecule has 0 saturated carbocycles. The summed E-state index contributed by atoms with van der Waals surface area (Å²) in [4.78, 5) is 0. The molecule has 2 rings (SSSR count). The van der Waals surface area contributed by atoms with Crippen LogP contribution in [0.25, 0.3) is 11.0 Å². The van der Waals surface area contributed by atoms with E-state index in [2.05, 4.69) is 21.1 Å². The molecular weight excluding hydrogens is 234 g/mol. The molecule has 1 heterocycles. The first-order chi connectivity index (χ1) is 6.22. The molecule has 0 bridgehead atoms. The number of hydrogen-bond acceptors (Lipinski definition) is 3. The number of benzene rings is 1. The van der Waals surface area contributed by atoms with Crippen LogP contribution in [0.5, 0.6) is 5.75 Å². The molecule has 3 nitrogen and oxygen atoms in total. The predicted molar refractivity (Wildman–Crippen MR) is 53.0 cm³/mol. The van der Waals surface area contributed by atoms with E-state index in [9.17, 15) is 0 Å². The Bertz CT molecular complexity index is 450. The third-order valence-electron chi connectivity index (χ3n) is 1.92. The van der Waals surface area contributed by atoms with Crippen LogP contribution in [0.2, 0.25) is 0 Å². The highest BCUT2D eigenvalue weighted by atomic mass is 79.9. The van der Waals surface area contributed by atoms with Gasteiger partial charge in [0.1, 0.15) is 5.75 Å². The monoisotopic (exact) mass is 241 g/mol. The molecule has 0 fully saturated rings. The van der Waals surface area contributed by atoms with E-state index in [-0.39, 0.29) is 0 Å².